The third-order valence-electron chi connectivity index (χ3n) is 6.21. The summed E-state index contributed by atoms with van der Waals surface area (Å²) in [6.45, 7) is 3.51. The van der Waals surface area contributed by atoms with Crippen LogP contribution in [0.4, 0.5) is 0 Å². The number of piperazine rings is 1. The fraction of sp³-hybridized carbons (Fsp3) is 0.280. The summed E-state index contributed by atoms with van der Waals surface area (Å²) in [6, 6.07) is 19.5. The Kier molecular flexibility index (Phi) is 4.75. The summed E-state index contributed by atoms with van der Waals surface area (Å²) in [7, 11) is 0. The molecular weight excluding hydrogens is 376 g/mol. The standard InChI is InChI=1S/C25H24N2O3/c28-24(27-13-11-26(12-14-27)21-8-9-21)19-7-10-23-17(15-19)4-2-6-22(23)18-3-1-5-20(16-18)25(29)30/h1-7,10,15-16,21H,8-9,11-14H2,(H,29,30). The summed E-state index contributed by atoms with van der Waals surface area (Å²) in [5, 5.41) is 11.3. The zero-order chi connectivity index (χ0) is 20.7. The van der Waals surface area contributed by atoms with Gasteiger partial charge in [-0.1, -0.05) is 36.4 Å². The van der Waals surface area contributed by atoms with E-state index in [1.807, 2.05) is 47.4 Å². The predicted molar refractivity (Wildman–Crippen MR) is 117 cm³/mol. The molecule has 1 aliphatic heterocycles. The average Bonchev–Trinajstić information content (AvgIpc) is 3.63. The zero-order valence-corrected chi connectivity index (χ0v) is 16.8. The Balaban J connectivity index is 1.42. The first kappa shape index (κ1) is 18.8. The van der Waals surface area contributed by atoms with E-state index in [1.165, 1.54) is 12.8 Å². The van der Waals surface area contributed by atoms with Crippen LogP contribution in [0, 0.1) is 0 Å². The number of fused-ring (bicyclic) bond motifs is 1. The third kappa shape index (κ3) is 3.57. The van der Waals surface area contributed by atoms with Crippen LogP contribution in [-0.4, -0.2) is 59.0 Å². The van der Waals surface area contributed by atoms with Gasteiger partial charge in [0.25, 0.3) is 5.91 Å². The van der Waals surface area contributed by atoms with Gasteiger partial charge < -0.3 is 10.0 Å². The molecule has 0 unspecified atom stereocenters. The van der Waals surface area contributed by atoms with Crippen LogP contribution in [0.25, 0.3) is 21.9 Å². The number of aromatic carboxylic acids is 1. The molecule has 5 rings (SSSR count). The van der Waals surface area contributed by atoms with E-state index in [0.29, 0.717) is 5.56 Å². The summed E-state index contributed by atoms with van der Waals surface area (Å²) in [5.41, 5.74) is 2.80. The van der Waals surface area contributed by atoms with Gasteiger partial charge in [0.15, 0.2) is 0 Å². The molecule has 0 spiro atoms. The molecule has 5 nitrogen and oxygen atoms in total. The van der Waals surface area contributed by atoms with Crippen molar-refractivity contribution in [1.82, 2.24) is 9.80 Å². The van der Waals surface area contributed by atoms with Gasteiger partial charge in [0, 0.05) is 37.8 Å². The molecule has 1 saturated carbocycles. The van der Waals surface area contributed by atoms with Crippen LogP contribution in [0.15, 0.2) is 60.7 Å². The van der Waals surface area contributed by atoms with Crippen LogP contribution >= 0.6 is 0 Å². The summed E-state index contributed by atoms with van der Waals surface area (Å²) >= 11 is 0. The molecule has 1 amide bonds. The maximum Gasteiger partial charge on any atom is 0.335 e. The Morgan fingerprint density at radius 1 is 0.833 bits per heavy atom. The van der Waals surface area contributed by atoms with Gasteiger partial charge in [-0.15, -0.1) is 0 Å². The molecule has 152 valence electrons. The van der Waals surface area contributed by atoms with Crippen molar-refractivity contribution in [3.8, 4) is 11.1 Å². The van der Waals surface area contributed by atoms with Crippen LogP contribution in [0.1, 0.15) is 33.6 Å². The van der Waals surface area contributed by atoms with Gasteiger partial charge in [0.2, 0.25) is 0 Å². The Hall–Kier alpha value is -3.18. The zero-order valence-electron chi connectivity index (χ0n) is 16.8. The van der Waals surface area contributed by atoms with Crippen LogP contribution in [0.3, 0.4) is 0 Å². The van der Waals surface area contributed by atoms with E-state index >= 15 is 0 Å². The van der Waals surface area contributed by atoms with Crippen LogP contribution < -0.4 is 0 Å². The molecule has 0 radical (unpaired) electrons. The molecule has 1 heterocycles. The Morgan fingerprint density at radius 2 is 1.60 bits per heavy atom. The predicted octanol–water partition coefficient (Wildman–Crippen LogP) is 4.13. The summed E-state index contributed by atoms with van der Waals surface area (Å²) in [5.74, 6) is -0.850. The molecule has 2 fully saturated rings. The number of carboxylic acid groups (broad SMARTS) is 1. The van der Waals surface area contributed by atoms with E-state index in [2.05, 4.69) is 4.90 Å². The molecule has 1 saturated heterocycles. The molecule has 30 heavy (non-hydrogen) atoms. The Morgan fingerprint density at radius 3 is 2.33 bits per heavy atom. The number of carboxylic acids is 1. The van der Waals surface area contributed by atoms with Crippen molar-refractivity contribution in [2.24, 2.45) is 0 Å². The normalized spacial score (nSPS) is 17.3. The molecule has 1 aliphatic carbocycles. The highest BCUT2D eigenvalue weighted by molar-refractivity contribution is 6.03. The number of carbonyl (C=O) groups excluding carboxylic acids is 1. The van der Waals surface area contributed by atoms with E-state index < -0.39 is 5.97 Å². The highest BCUT2D eigenvalue weighted by atomic mass is 16.4. The quantitative estimate of drug-likeness (QED) is 0.716. The lowest BCUT2D eigenvalue weighted by Gasteiger charge is -2.34. The van der Waals surface area contributed by atoms with E-state index in [0.717, 1.165) is 54.1 Å². The minimum Gasteiger partial charge on any atom is -0.478 e. The first-order valence-electron chi connectivity index (χ1n) is 10.5. The van der Waals surface area contributed by atoms with E-state index in [-0.39, 0.29) is 11.5 Å². The third-order valence-corrected chi connectivity index (χ3v) is 6.21. The van der Waals surface area contributed by atoms with Crippen molar-refractivity contribution in [2.45, 2.75) is 18.9 Å². The first-order chi connectivity index (χ1) is 14.6. The molecule has 0 bridgehead atoms. The number of carbonyl (C=O) groups is 2. The van der Waals surface area contributed by atoms with Gasteiger partial charge in [-0.3, -0.25) is 9.69 Å². The number of rotatable bonds is 4. The topological polar surface area (TPSA) is 60.9 Å². The summed E-state index contributed by atoms with van der Waals surface area (Å²) in [4.78, 5) is 28.8. The number of hydrogen-bond acceptors (Lipinski definition) is 3. The molecule has 0 atom stereocenters. The molecular formula is C25H24N2O3. The molecule has 2 aliphatic rings. The number of nitrogens with zero attached hydrogens (tertiary/aromatic N) is 2. The van der Waals surface area contributed by atoms with Crippen molar-refractivity contribution in [2.75, 3.05) is 26.2 Å². The van der Waals surface area contributed by atoms with Gasteiger partial charge in [0.05, 0.1) is 5.56 Å². The molecule has 5 heteroatoms. The van der Waals surface area contributed by atoms with E-state index in [1.54, 1.807) is 18.2 Å². The average molecular weight is 400 g/mol. The van der Waals surface area contributed by atoms with Crippen LogP contribution in [0.5, 0.6) is 0 Å². The van der Waals surface area contributed by atoms with Crippen LogP contribution in [0.2, 0.25) is 0 Å². The summed E-state index contributed by atoms with van der Waals surface area (Å²) in [6.07, 6.45) is 2.60. The lowest BCUT2D eigenvalue weighted by atomic mass is 9.95. The van der Waals surface area contributed by atoms with Gasteiger partial charge in [-0.25, -0.2) is 4.79 Å². The Labute approximate surface area is 175 Å². The van der Waals surface area contributed by atoms with Gasteiger partial charge >= 0.3 is 5.97 Å². The minimum absolute atomic E-state index is 0.0885. The molecule has 0 aromatic heterocycles. The monoisotopic (exact) mass is 400 g/mol. The van der Waals surface area contributed by atoms with Crippen LogP contribution in [-0.2, 0) is 0 Å². The SMILES string of the molecule is O=C(O)c1cccc(-c2cccc3cc(C(=O)N4CCN(C5CC5)CC4)ccc23)c1. The van der Waals surface area contributed by atoms with Gasteiger partial charge in [-0.2, -0.15) is 0 Å². The minimum atomic E-state index is -0.938. The van der Waals surface area contributed by atoms with E-state index in [4.69, 9.17) is 0 Å². The second-order valence-corrected chi connectivity index (χ2v) is 8.19. The molecule has 3 aromatic rings. The highest BCUT2D eigenvalue weighted by Crippen LogP contribution is 2.31. The van der Waals surface area contributed by atoms with E-state index in [9.17, 15) is 14.7 Å². The Bertz CT molecular complexity index is 1130. The van der Waals surface area contributed by atoms with Crippen molar-refractivity contribution >= 4 is 22.6 Å². The number of amides is 1. The van der Waals surface area contributed by atoms with Crippen molar-refractivity contribution in [3.63, 3.8) is 0 Å². The van der Waals surface area contributed by atoms with Gasteiger partial charge in [0.1, 0.15) is 0 Å². The smallest absolute Gasteiger partial charge is 0.335 e. The second kappa shape index (κ2) is 7.58. The highest BCUT2D eigenvalue weighted by Gasteiger charge is 2.32. The van der Waals surface area contributed by atoms with Crippen molar-refractivity contribution < 1.29 is 14.7 Å². The lowest BCUT2D eigenvalue weighted by Crippen LogP contribution is -2.49. The molecule has 3 aromatic carbocycles. The summed E-state index contributed by atoms with van der Waals surface area (Å²) < 4.78 is 0. The van der Waals surface area contributed by atoms with Gasteiger partial charge in [-0.05, 0) is 59.0 Å². The second-order valence-electron chi connectivity index (χ2n) is 8.19. The number of hydrogen-bond donors (Lipinski definition) is 1. The lowest BCUT2D eigenvalue weighted by molar-refractivity contribution is 0.0626. The fourth-order valence-electron chi connectivity index (χ4n) is 4.40. The van der Waals surface area contributed by atoms with Crippen molar-refractivity contribution in [3.05, 3.63) is 71.8 Å². The first-order valence-corrected chi connectivity index (χ1v) is 10.5. The number of benzene rings is 3. The maximum atomic E-state index is 13.1. The largest absolute Gasteiger partial charge is 0.478 e. The maximum absolute atomic E-state index is 13.1. The molecule has 1 N–H and O–H groups in total. The van der Waals surface area contributed by atoms with Crippen molar-refractivity contribution in [1.29, 1.82) is 0 Å². The fourth-order valence-corrected chi connectivity index (χ4v) is 4.40.